The number of aliphatic hydroxyl groups is 1. The van der Waals surface area contributed by atoms with Crippen LogP contribution >= 0.6 is 0 Å². The molecular weight excluding hydrogens is 282 g/mol. The van der Waals surface area contributed by atoms with Gasteiger partial charge in [0, 0.05) is 25.6 Å². The number of rotatable bonds is 5. The highest BCUT2D eigenvalue weighted by Crippen LogP contribution is 2.24. The number of nitrogens with zero attached hydrogens (tertiary/aromatic N) is 1. The predicted octanol–water partition coefficient (Wildman–Crippen LogP) is 0.0149. The van der Waals surface area contributed by atoms with Gasteiger partial charge < -0.3 is 9.84 Å². The van der Waals surface area contributed by atoms with Gasteiger partial charge in [-0.2, -0.15) is 4.31 Å². The second-order valence-corrected chi connectivity index (χ2v) is 6.71. The lowest BCUT2D eigenvalue weighted by Gasteiger charge is -2.36. The lowest BCUT2D eigenvalue weighted by molar-refractivity contribution is -0.139. The summed E-state index contributed by atoms with van der Waals surface area (Å²) in [6.07, 6.45) is 0.118. The molecule has 1 fully saturated rings. The number of aliphatic hydroxyl groups excluding tert-OH is 1. The predicted molar refractivity (Wildman–Crippen MR) is 71.5 cm³/mol. The molecular formula is C13H17NO5S. The summed E-state index contributed by atoms with van der Waals surface area (Å²) in [7, 11) is -2.18. The van der Waals surface area contributed by atoms with E-state index >= 15 is 0 Å². The van der Waals surface area contributed by atoms with E-state index in [1.807, 2.05) is 0 Å². The number of ether oxygens (including phenoxy) is 1. The largest absolute Gasteiger partial charge is 0.469 e. The molecule has 0 bridgehead atoms. The van der Waals surface area contributed by atoms with Gasteiger partial charge in [-0.1, -0.05) is 12.1 Å². The Morgan fingerprint density at radius 3 is 2.45 bits per heavy atom. The van der Waals surface area contributed by atoms with Crippen LogP contribution < -0.4 is 0 Å². The summed E-state index contributed by atoms with van der Waals surface area (Å²) in [6.45, 7) is 0.704. The van der Waals surface area contributed by atoms with Gasteiger partial charge in [0.15, 0.2) is 0 Å². The Hall–Kier alpha value is -1.44. The number of hydrogen-bond acceptors (Lipinski definition) is 5. The van der Waals surface area contributed by atoms with Gasteiger partial charge in [0.25, 0.3) is 0 Å². The molecule has 1 saturated heterocycles. The third kappa shape index (κ3) is 3.00. The van der Waals surface area contributed by atoms with Crippen molar-refractivity contribution in [3.8, 4) is 0 Å². The first-order valence-electron chi connectivity index (χ1n) is 6.24. The molecule has 0 aromatic heterocycles. The fraction of sp³-hybridized carbons (Fsp3) is 0.462. The highest BCUT2D eigenvalue weighted by Gasteiger charge is 2.36. The van der Waals surface area contributed by atoms with Crippen LogP contribution in [0.4, 0.5) is 0 Å². The molecule has 0 atom stereocenters. The van der Waals surface area contributed by atoms with Crippen LogP contribution in [0.2, 0.25) is 0 Å². The summed E-state index contributed by atoms with van der Waals surface area (Å²) in [5.74, 6) is -0.336. The molecule has 110 valence electrons. The molecule has 0 saturated carbocycles. The van der Waals surface area contributed by atoms with Crippen molar-refractivity contribution in [1.82, 2.24) is 4.31 Å². The minimum atomic E-state index is -3.49. The van der Waals surface area contributed by atoms with Crippen LogP contribution in [0.1, 0.15) is 5.56 Å². The van der Waals surface area contributed by atoms with Crippen LogP contribution in [-0.4, -0.2) is 50.6 Å². The maximum Gasteiger partial charge on any atom is 0.309 e. The zero-order chi connectivity index (χ0) is 14.8. The standard InChI is InChI=1S/C13H17NO5S/c1-19-13(16)6-10-2-4-12(5-3-10)20(17,18)14-7-11(8-14)9-15/h2-5,11,15H,6-9H2,1H3. The van der Waals surface area contributed by atoms with E-state index in [4.69, 9.17) is 5.11 Å². The molecule has 1 N–H and O–H groups in total. The van der Waals surface area contributed by atoms with Crippen LogP contribution in [0.15, 0.2) is 29.2 Å². The molecule has 0 unspecified atom stereocenters. The minimum absolute atomic E-state index is 0.00405. The summed E-state index contributed by atoms with van der Waals surface area (Å²) >= 11 is 0. The van der Waals surface area contributed by atoms with Gasteiger partial charge in [-0.15, -0.1) is 0 Å². The van der Waals surface area contributed by atoms with Gasteiger partial charge in [0.1, 0.15) is 0 Å². The van der Waals surface area contributed by atoms with Crippen molar-refractivity contribution >= 4 is 16.0 Å². The summed E-state index contributed by atoms with van der Waals surface area (Å²) in [5, 5.41) is 8.92. The normalized spacial score (nSPS) is 16.7. The fourth-order valence-corrected chi connectivity index (χ4v) is 3.59. The Morgan fingerprint density at radius 1 is 1.35 bits per heavy atom. The van der Waals surface area contributed by atoms with Crippen molar-refractivity contribution in [2.24, 2.45) is 5.92 Å². The van der Waals surface area contributed by atoms with Crippen molar-refractivity contribution in [3.05, 3.63) is 29.8 Å². The molecule has 6 nitrogen and oxygen atoms in total. The molecule has 0 radical (unpaired) electrons. The number of methoxy groups -OCH3 is 1. The first-order chi connectivity index (χ1) is 9.47. The monoisotopic (exact) mass is 299 g/mol. The Labute approximate surface area is 118 Å². The Bertz CT molecular complexity index is 575. The number of benzene rings is 1. The third-order valence-corrected chi connectivity index (χ3v) is 5.16. The average molecular weight is 299 g/mol. The molecule has 1 aliphatic heterocycles. The van der Waals surface area contributed by atoms with Crippen LogP contribution in [0, 0.1) is 5.92 Å². The molecule has 1 aromatic carbocycles. The van der Waals surface area contributed by atoms with Crippen LogP contribution in [0.25, 0.3) is 0 Å². The van der Waals surface area contributed by atoms with Gasteiger partial charge in [-0.25, -0.2) is 8.42 Å². The average Bonchev–Trinajstić information content (AvgIpc) is 2.37. The third-order valence-electron chi connectivity index (χ3n) is 3.32. The second kappa shape index (κ2) is 5.90. The van der Waals surface area contributed by atoms with Crippen LogP contribution in [-0.2, 0) is 26.0 Å². The molecule has 20 heavy (non-hydrogen) atoms. The molecule has 7 heteroatoms. The van der Waals surface area contributed by atoms with E-state index in [-0.39, 0.29) is 29.8 Å². The van der Waals surface area contributed by atoms with Gasteiger partial charge in [0.05, 0.1) is 18.4 Å². The molecule has 2 rings (SSSR count). The van der Waals surface area contributed by atoms with E-state index in [0.717, 1.165) is 0 Å². The van der Waals surface area contributed by atoms with Gasteiger partial charge in [0.2, 0.25) is 10.0 Å². The van der Waals surface area contributed by atoms with E-state index < -0.39 is 10.0 Å². The highest BCUT2D eigenvalue weighted by atomic mass is 32.2. The number of carbonyl (C=O) groups is 1. The van der Waals surface area contributed by atoms with Crippen LogP contribution in [0.3, 0.4) is 0 Å². The summed E-state index contributed by atoms with van der Waals surface area (Å²) in [4.78, 5) is 11.3. The number of sulfonamides is 1. The van der Waals surface area contributed by atoms with Gasteiger partial charge >= 0.3 is 5.97 Å². The number of esters is 1. The Balaban J connectivity index is 2.08. The lowest BCUT2D eigenvalue weighted by atomic mass is 10.1. The first-order valence-corrected chi connectivity index (χ1v) is 7.68. The summed E-state index contributed by atoms with van der Waals surface area (Å²) < 4.78 is 30.3. The molecule has 1 aromatic rings. The summed E-state index contributed by atoms with van der Waals surface area (Å²) in [5.41, 5.74) is 0.702. The van der Waals surface area contributed by atoms with Crippen molar-refractivity contribution in [3.63, 3.8) is 0 Å². The van der Waals surface area contributed by atoms with E-state index in [1.54, 1.807) is 12.1 Å². The molecule has 1 aliphatic rings. The zero-order valence-electron chi connectivity index (χ0n) is 11.2. The highest BCUT2D eigenvalue weighted by molar-refractivity contribution is 7.89. The Kier molecular flexibility index (Phi) is 4.42. The van der Waals surface area contributed by atoms with Crippen molar-refractivity contribution in [1.29, 1.82) is 0 Å². The summed E-state index contributed by atoms with van der Waals surface area (Å²) in [6, 6.07) is 6.18. The maximum absolute atomic E-state index is 12.2. The molecule has 0 spiro atoms. The maximum atomic E-state index is 12.2. The lowest BCUT2D eigenvalue weighted by Crippen LogP contribution is -2.51. The van der Waals surface area contributed by atoms with Crippen molar-refractivity contribution in [2.75, 3.05) is 26.8 Å². The van der Waals surface area contributed by atoms with Gasteiger partial charge in [-0.05, 0) is 17.7 Å². The van der Waals surface area contributed by atoms with E-state index in [1.165, 1.54) is 23.5 Å². The quantitative estimate of drug-likeness (QED) is 0.775. The SMILES string of the molecule is COC(=O)Cc1ccc(S(=O)(=O)N2CC(CO)C2)cc1. The number of carbonyl (C=O) groups excluding carboxylic acids is 1. The first kappa shape index (κ1) is 15.0. The van der Waals surface area contributed by atoms with Crippen molar-refractivity contribution in [2.45, 2.75) is 11.3 Å². The van der Waals surface area contributed by atoms with Crippen molar-refractivity contribution < 1.29 is 23.1 Å². The zero-order valence-corrected chi connectivity index (χ0v) is 12.0. The smallest absolute Gasteiger partial charge is 0.309 e. The van der Waals surface area contributed by atoms with E-state index in [2.05, 4.69) is 4.74 Å². The second-order valence-electron chi connectivity index (χ2n) is 4.77. The van der Waals surface area contributed by atoms with E-state index in [0.29, 0.717) is 18.7 Å². The van der Waals surface area contributed by atoms with Gasteiger partial charge in [-0.3, -0.25) is 4.79 Å². The fourth-order valence-electron chi connectivity index (χ4n) is 2.00. The topological polar surface area (TPSA) is 83.9 Å². The Morgan fingerprint density at radius 2 is 1.95 bits per heavy atom. The van der Waals surface area contributed by atoms with E-state index in [9.17, 15) is 13.2 Å². The van der Waals surface area contributed by atoms with Crippen LogP contribution in [0.5, 0.6) is 0 Å². The number of hydrogen-bond donors (Lipinski definition) is 1. The molecule has 0 aliphatic carbocycles. The molecule has 1 heterocycles. The molecule has 0 amide bonds. The minimum Gasteiger partial charge on any atom is -0.469 e.